The number of amides is 2. The van der Waals surface area contributed by atoms with E-state index in [0.717, 1.165) is 0 Å². The molecule has 1 saturated heterocycles. The highest BCUT2D eigenvalue weighted by Crippen LogP contribution is 2.16. The number of hydrogen-bond donors (Lipinski definition) is 2. The molecule has 21 heavy (non-hydrogen) atoms. The van der Waals surface area contributed by atoms with Crippen LogP contribution in [0.4, 0.5) is 4.79 Å². The number of carboxylic acids is 1. The molecule has 0 aromatic carbocycles. The molecule has 0 aliphatic carbocycles. The smallest absolute Gasteiger partial charge is 0.317 e. The van der Waals surface area contributed by atoms with Gasteiger partial charge in [0.15, 0.2) is 0 Å². The van der Waals surface area contributed by atoms with Gasteiger partial charge in [0.05, 0.1) is 17.9 Å². The van der Waals surface area contributed by atoms with Gasteiger partial charge in [0.1, 0.15) is 0 Å². The molecule has 0 radical (unpaired) electrons. The van der Waals surface area contributed by atoms with E-state index in [2.05, 4.69) is 5.32 Å². The van der Waals surface area contributed by atoms with Gasteiger partial charge in [0, 0.05) is 19.6 Å². The van der Waals surface area contributed by atoms with Crippen molar-refractivity contribution in [3.63, 3.8) is 0 Å². The minimum absolute atomic E-state index is 0.179. The van der Waals surface area contributed by atoms with E-state index in [1.54, 1.807) is 20.8 Å². The van der Waals surface area contributed by atoms with Gasteiger partial charge in [0.2, 0.25) is 0 Å². The first-order valence-electron chi connectivity index (χ1n) is 7.27. The fraction of sp³-hybridized carbons (Fsp3) is 0.786. The number of piperidine rings is 1. The Kier molecular flexibility index (Phi) is 6.45. The molecule has 1 aliphatic rings. The van der Waals surface area contributed by atoms with E-state index in [9.17, 15) is 14.4 Å². The SMILES string of the molecule is CC(C)OC(=O)C(C)CNC(=O)N1CCCC(C(=O)O)C1. The molecule has 0 saturated carbocycles. The molecule has 2 atom stereocenters. The fourth-order valence-electron chi connectivity index (χ4n) is 2.15. The van der Waals surface area contributed by atoms with E-state index in [4.69, 9.17) is 9.84 Å². The Morgan fingerprint density at radius 2 is 2.00 bits per heavy atom. The summed E-state index contributed by atoms with van der Waals surface area (Å²) in [6.45, 7) is 6.15. The quantitative estimate of drug-likeness (QED) is 0.741. The summed E-state index contributed by atoms with van der Waals surface area (Å²) in [6, 6.07) is -0.329. The van der Waals surface area contributed by atoms with Crippen LogP contribution in [0.15, 0.2) is 0 Å². The van der Waals surface area contributed by atoms with Crippen molar-refractivity contribution in [1.82, 2.24) is 10.2 Å². The molecule has 0 aromatic rings. The van der Waals surface area contributed by atoms with Crippen LogP contribution in [0.1, 0.15) is 33.6 Å². The molecule has 7 heteroatoms. The number of rotatable bonds is 5. The summed E-state index contributed by atoms with van der Waals surface area (Å²) in [7, 11) is 0. The molecular weight excluding hydrogens is 276 g/mol. The van der Waals surface area contributed by atoms with E-state index >= 15 is 0 Å². The predicted molar refractivity (Wildman–Crippen MR) is 75.7 cm³/mol. The van der Waals surface area contributed by atoms with Crippen LogP contribution in [0.5, 0.6) is 0 Å². The second kappa shape index (κ2) is 7.85. The third-order valence-corrected chi connectivity index (χ3v) is 3.37. The lowest BCUT2D eigenvalue weighted by molar-refractivity contribution is -0.151. The Hall–Kier alpha value is -1.79. The Bertz CT molecular complexity index is 397. The fourth-order valence-corrected chi connectivity index (χ4v) is 2.15. The topological polar surface area (TPSA) is 95.9 Å². The molecule has 120 valence electrons. The number of aliphatic carboxylic acids is 1. The van der Waals surface area contributed by atoms with Crippen LogP contribution in [-0.4, -0.2) is 53.7 Å². The lowest BCUT2D eigenvalue weighted by Crippen LogP contribution is -2.48. The Balaban J connectivity index is 2.39. The number of carbonyl (C=O) groups is 3. The lowest BCUT2D eigenvalue weighted by Gasteiger charge is -2.31. The standard InChI is InChI=1S/C14H24N2O5/c1-9(2)21-13(19)10(3)7-15-14(20)16-6-4-5-11(8-16)12(17)18/h9-11H,4-8H2,1-3H3,(H,15,20)(H,17,18). The molecule has 2 N–H and O–H groups in total. The number of likely N-dealkylation sites (tertiary alicyclic amines) is 1. The summed E-state index contributed by atoms with van der Waals surface area (Å²) in [5, 5.41) is 11.7. The van der Waals surface area contributed by atoms with Crippen molar-refractivity contribution in [3.05, 3.63) is 0 Å². The highest BCUT2D eigenvalue weighted by atomic mass is 16.5. The molecule has 1 aliphatic heterocycles. The molecule has 0 bridgehead atoms. The van der Waals surface area contributed by atoms with Gasteiger partial charge in [-0.25, -0.2) is 4.79 Å². The maximum Gasteiger partial charge on any atom is 0.317 e. The van der Waals surface area contributed by atoms with Gasteiger partial charge in [-0.2, -0.15) is 0 Å². The zero-order valence-corrected chi connectivity index (χ0v) is 12.8. The predicted octanol–water partition coefficient (Wildman–Crippen LogP) is 1.08. The van der Waals surface area contributed by atoms with E-state index < -0.39 is 17.8 Å². The number of carbonyl (C=O) groups excluding carboxylic acids is 2. The molecule has 0 spiro atoms. The monoisotopic (exact) mass is 300 g/mol. The highest BCUT2D eigenvalue weighted by Gasteiger charge is 2.28. The summed E-state index contributed by atoms with van der Waals surface area (Å²) in [5.74, 6) is -2.17. The van der Waals surface area contributed by atoms with Gasteiger partial charge in [-0.1, -0.05) is 6.92 Å². The molecule has 1 rings (SSSR count). The molecule has 1 fully saturated rings. The van der Waals surface area contributed by atoms with Crippen molar-refractivity contribution in [2.75, 3.05) is 19.6 Å². The minimum Gasteiger partial charge on any atom is -0.481 e. The van der Waals surface area contributed by atoms with E-state index in [1.807, 2.05) is 0 Å². The van der Waals surface area contributed by atoms with Gasteiger partial charge >= 0.3 is 18.0 Å². The molecule has 2 unspecified atom stereocenters. The lowest BCUT2D eigenvalue weighted by atomic mass is 9.99. The molecule has 1 heterocycles. The molecule has 2 amide bonds. The molecule has 0 aromatic heterocycles. The zero-order chi connectivity index (χ0) is 16.0. The molecular formula is C14H24N2O5. The number of esters is 1. The van der Waals surface area contributed by atoms with Crippen LogP contribution in [-0.2, 0) is 14.3 Å². The van der Waals surface area contributed by atoms with Crippen LogP contribution in [0.25, 0.3) is 0 Å². The van der Waals surface area contributed by atoms with Crippen molar-refractivity contribution in [1.29, 1.82) is 0 Å². The first-order chi connectivity index (χ1) is 9.81. The van der Waals surface area contributed by atoms with Crippen LogP contribution >= 0.6 is 0 Å². The first-order valence-corrected chi connectivity index (χ1v) is 7.27. The van der Waals surface area contributed by atoms with Gasteiger partial charge in [-0.15, -0.1) is 0 Å². The van der Waals surface area contributed by atoms with Gasteiger partial charge in [0.25, 0.3) is 0 Å². The normalized spacial score (nSPS) is 20.0. The second-order valence-corrected chi connectivity index (χ2v) is 5.70. The summed E-state index contributed by atoms with van der Waals surface area (Å²) >= 11 is 0. The summed E-state index contributed by atoms with van der Waals surface area (Å²) in [4.78, 5) is 36.1. The Morgan fingerprint density at radius 1 is 1.33 bits per heavy atom. The summed E-state index contributed by atoms with van der Waals surface area (Å²) < 4.78 is 5.06. The van der Waals surface area contributed by atoms with Gasteiger partial charge in [-0.05, 0) is 26.7 Å². The molecule has 7 nitrogen and oxygen atoms in total. The number of ether oxygens (including phenoxy) is 1. The Morgan fingerprint density at radius 3 is 2.57 bits per heavy atom. The maximum absolute atomic E-state index is 12.0. The van der Waals surface area contributed by atoms with Crippen LogP contribution in [0, 0.1) is 11.8 Å². The van der Waals surface area contributed by atoms with Gasteiger partial charge in [-0.3, -0.25) is 9.59 Å². The van der Waals surface area contributed by atoms with Crippen LogP contribution in [0.3, 0.4) is 0 Å². The highest BCUT2D eigenvalue weighted by molar-refractivity contribution is 5.78. The van der Waals surface area contributed by atoms with E-state index in [0.29, 0.717) is 19.4 Å². The number of urea groups is 1. The first kappa shape index (κ1) is 17.3. The zero-order valence-electron chi connectivity index (χ0n) is 12.8. The number of hydrogen-bond acceptors (Lipinski definition) is 4. The number of nitrogens with one attached hydrogen (secondary N) is 1. The van der Waals surface area contributed by atoms with Crippen molar-refractivity contribution in [2.24, 2.45) is 11.8 Å². The van der Waals surface area contributed by atoms with Crippen LogP contribution < -0.4 is 5.32 Å². The number of carboxylic acid groups (broad SMARTS) is 1. The number of nitrogens with zero attached hydrogens (tertiary/aromatic N) is 1. The largest absolute Gasteiger partial charge is 0.481 e. The van der Waals surface area contributed by atoms with E-state index in [-0.39, 0.29) is 31.2 Å². The van der Waals surface area contributed by atoms with Crippen LogP contribution in [0.2, 0.25) is 0 Å². The average molecular weight is 300 g/mol. The van der Waals surface area contributed by atoms with Crippen molar-refractivity contribution in [3.8, 4) is 0 Å². The third-order valence-electron chi connectivity index (χ3n) is 3.37. The summed E-state index contributed by atoms with van der Waals surface area (Å²) in [6.07, 6.45) is 1.08. The second-order valence-electron chi connectivity index (χ2n) is 5.70. The van der Waals surface area contributed by atoms with Crippen molar-refractivity contribution >= 4 is 18.0 Å². The van der Waals surface area contributed by atoms with Gasteiger partial charge < -0.3 is 20.1 Å². The van der Waals surface area contributed by atoms with Crippen molar-refractivity contribution in [2.45, 2.75) is 39.7 Å². The van der Waals surface area contributed by atoms with E-state index in [1.165, 1.54) is 4.90 Å². The maximum atomic E-state index is 12.0. The summed E-state index contributed by atoms with van der Waals surface area (Å²) in [5.41, 5.74) is 0. The Labute approximate surface area is 124 Å². The minimum atomic E-state index is -0.874. The van der Waals surface area contributed by atoms with Crippen molar-refractivity contribution < 1.29 is 24.2 Å². The third kappa shape index (κ3) is 5.61. The average Bonchev–Trinajstić information content (AvgIpc) is 2.43.